The molecule has 0 saturated heterocycles. The van der Waals surface area contributed by atoms with Crippen molar-refractivity contribution in [3.8, 4) is 0 Å². The Morgan fingerprint density at radius 1 is 1.50 bits per heavy atom. The molecule has 2 heterocycles. The molecule has 2 aromatic rings. The summed E-state index contributed by atoms with van der Waals surface area (Å²) in [7, 11) is 1.71. The Labute approximate surface area is 90.5 Å². The minimum atomic E-state index is 0.752. The van der Waals surface area contributed by atoms with Gasteiger partial charge in [-0.2, -0.15) is 0 Å². The van der Waals surface area contributed by atoms with Crippen molar-refractivity contribution >= 4 is 33.3 Å². The number of hydrogen-bond acceptors (Lipinski definition) is 5. The van der Waals surface area contributed by atoms with E-state index in [1.54, 1.807) is 36.5 Å². The van der Waals surface area contributed by atoms with Gasteiger partial charge in [0.05, 0.1) is 16.8 Å². The fraction of sp³-hybridized carbons (Fsp3) is 0.333. The quantitative estimate of drug-likeness (QED) is 0.455. The molecule has 3 nitrogen and oxygen atoms in total. The van der Waals surface area contributed by atoms with E-state index in [9.17, 15) is 0 Å². The van der Waals surface area contributed by atoms with Crippen LogP contribution in [-0.4, -0.2) is 29.4 Å². The SMILES string of the molecule is COCCSc1ncnc2ccsc12. The van der Waals surface area contributed by atoms with Gasteiger partial charge in [0, 0.05) is 12.9 Å². The van der Waals surface area contributed by atoms with Gasteiger partial charge in [0.25, 0.3) is 0 Å². The molecule has 0 aliphatic heterocycles. The summed E-state index contributed by atoms with van der Waals surface area (Å²) in [6.07, 6.45) is 1.62. The average molecular weight is 226 g/mol. The number of nitrogens with zero attached hydrogens (tertiary/aromatic N) is 2. The van der Waals surface area contributed by atoms with Crippen LogP contribution in [0.4, 0.5) is 0 Å². The minimum absolute atomic E-state index is 0.752. The first-order valence-electron chi connectivity index (χ1n) is 4.22. The Hall–Kier alpha value is -0.650. The summed E-state index contributed by atoms with van der Waals surface area (Å²) in [4.78, 5) is 8.44. The van der Waals surface area contributed by atoms with Crippen molar-refractivity contribution in [3.05, 3.63) is 17.8 Å². The number of aromatic nitrogens is 2. The normalized spacial score (nSPS) is 10.9. The smallest absolute Gasteiger partial charge is 0.117 e. The number of ether oxygens (including phenoxy) is 1. The van der Waals surface area contributed by atoms with Crippen molar-refractivity contribution in [1.29, 1.82) is 0 Å². The highest BCUT2D eigenvalue weighted by Gasteiger charge is 2.04. The van der Waals surface area contributed by atoms with Gasteiger partial charge in [0.2, 0.25) is 0 Å². The van der Waals surface area contributed by atoms with Crippen LogP contribution >= 0.6 is 23.1 Å². The van der Waals surface area contributed by atoms with Crippen molar-refractivity contribution in [1.82, 2.24) is 9.97 Å². The lowest BCUT2D eigenvalue weighted by molar-refractivity contribution is 0.218. The number of thiophene rings is 1. The van der Waals surface area contributed by atoms with Crippen LogP contribution in [0.3, 0.4) is 0 Å². The molecule has 5 heteroatoms. The minimum Gasteiger partial charge on any atom is -0.384 e. The fourth-order valence-electron chi connectivity index (χ4n) is 1.09. The van der Waals surface area contributed by atoms with Crippen LogP contribution in [0.25, 0.3) is 10.2 Å². The van der Waals surface area contributed by atoms with E-state index in [4.69, 9.17) is 4.74 Å². The van der Waals surface area contributed by atoms with Crippen molar-refractivity contribution in [3.63, 3.8) is 0 Å². The summed E-state index contributed by atoms with van der Waals surface area (Å²) in [6, 6.07) is 2.02. The number of hydrogen-bond donors (Lipinski definition) is 0. The molecule has 0 spiro atoms. The molecule has 0 aliphatic rings. The zero-order chi connectivity index (χ0) is 9.80. The molecule has 2 rings (SSSR count). The van der Waals surface area contributed by atoms with Gasteiger partial charge in [-0.05, 0) is 11.4 Å². The third-order valence-corrected chi connectivity index (χ3v) is 3.73. The van der Waals surface area contributed by atoms with E-state index in [1.165, 1.54) is 4.70 Å². The van der Waals surface area contributed by atoms with E-state index >= 15 is 0 Å². The lowest BCUT2D eigenvalue weighted by atomic mass is 10.5. The van der Waals surface area contributed by atoms with Gasteiger partial charge in [0.15, 0.2) is 0 Å². The molecule has 0 aromatic carbocycles. The Morgan fingerprint density at radius 2 is 2.43 bits per heavy atom. The maximum atomic E-state index is 5.00. The van der Waals surface area contributed by atoms with Gasteiger partial charge in [-0.3, -0.25) is 0 Å². The fourth-order valence-corrected chi connectivity index (χ4v) is 2.94. The van der Waals surface area contributed by atoms with Crippen LogP contribution < -0.4 is 0 Å². The number of thioether (sulfide) groups is 1. The summed E-state index contributed by atoms with van der Waals surface area (Å²) in [6.45, 7) is 0.752. The third kappa shape index (κ3) is 2.05. The van der Waals surface area contributed by atoms with Crippen LogP contribution in [0.2, 0.25) is 0 Å². The predicted octanol–water partition coefficient (Wildman–Crippen LogP) is 2.43. The largest absolute Gasteiger partial charge is 0.384 e. The second-order valence-electron chi connectivity index (χ2n) is 2.66. The summed E-state index contributed by atoms with van der Waals surface area (Å²) >= 11 is 3.40. The standard InChI is InChI=1S/C9H10N2OS2/c1-12-3-5-14-9-8-7(2-4-13-8)10-6-11-9/h2,4,6H,3,5H2,1H3. The van der Waals surface area contributed by atoms with Crippen LogP contribution in [0.1, 0.15) is 0 Å². The molecular weight excluding hydrogens is 216 g/mol. The van der Waals surface area contributed by atoms with E-state index < -0.39 is 0 Å². The van der Waals surface area contributed by atoms with Gasteiger partial charge < -0.3 is 4.74 Å². The van der Waals surface area contributed by atoms with Crippen LogP contribution in [-0.2, 0) is 4.74 Å². The van der Waals surface area contributed by atoms with Crippen molar-refractivity contribution in [2.24, 2.45) is 0 Å². The Bertz CT molecular complexity index is 416. The number of rotatable bonds is 4. The van der Waals surface area contributed by atoms with Gasteiger partial charge in [0.1, 0.15) is 11.4 Å². The predicted molar refractivity (Wildman–Crippen MR) is 60.0 cm³/mol. The first-order chi connectivity index (χ1) is 6.92. The third-order valence-electron chi connectivity index (χ3n) is 1.74. The van der Waals surface area contributed by atoms with Gasteiger partial charge in [-0.15, -0.1) is 23.1 Å². The van der Waals surface area contributed by atoms with E-state index in [0.717, 1.165) is 22.9 Å². The van der Waals surface area contributed by atoms with E-state index in [2.05, 4.69) is 9.97 Å². The van der Waals surface area contributed by atoms with Gasteiger partial charge in [-0.1, -0.05) is 0 Å². The zero-order valence-electron chi connectivity index (χ0n) is 7.77. The molecule has 0 aliphatic carbocycles. The average Bonchev–Trinajstić information content (AvgIpc) is 2.67. The molecule has 0 bridgehead atoms. The van der Waals surface area contributed by atoms with Crippen molar-refractivity contribution in [2.45, 2.75) is 5.03 Å². The zero-order valence-corrected chi connectivity index (χ0v) is 9.40. The lowest BCUT2D eigenvalue weighted by Gasteiger charge is -2.00. The summed E-state index contributed by atoms with van der Waals surface area (Å²) in [5.41, 5.74) is 1.03. The summed E-state index contributed by atoms with van der Waals surface area (Å²) in [5, 5.41) is 3.10. The molecule has 0 saturated carbocycles. The second-order valence-corrected chi connectivity index (χ2v) is 4.65. The Kier molecular flexibility index (Phi) is 3.34. The molecule has 0 atom stereocenters. The Balaban J connectivity index is 2.19. The summed E-state index contributed by atoms with van der Waals surface area (Å²) in [5.74, 6) is 0.931. The number of methoxy groups -OCH3 is 1. The molecule has 74 valence electrons. The molecule has 0 fully saturated rings. The monoisotopic (exact) mass is 226 g/mol. The molecular formula is C9H10N2OS2. The highest BCUT2D eigenvalue weighted by molar-refractivity contribution is 7.99. The first-order valence-corrected chi connectivity index (χ1v) is 6.08. The van der Waals surface area contributed by atoms with Crippen molar-refractivity contribution < 1.29 is 4.74 Å². The molecule has 0 unspecified atom stereocenters. The molecule has 0 N–H and O–H groups in total. The van der Waals surface area contributed by atoms with E-state index in [-0.39, 0.29) is 0 Å². The first kappa shape index (κ1) is 9.89. The topological polar surface area (TPSA) is 35.0 Å². The van der Waals surface area contributed by atoms with Gasteiger partial charge in [-0.25, -0.2) is 9.97 Å². The van der Waals surface area contributed by atoms with Crippen molar-refractivity contribution in [2.75, 3.05) is 19.5 Å². The van der Waals surface area contributed by atoms with Crippen LogP contribution in [0.15, 0.2) is 22.8 Å². The maximum Gasteiger partial charge on any atom is 0.117 e. The highest BCUT2D eigenvalue weighted by atomic mass is 32.2. The molecule has 14 heavy (non-hydrogen) atoms. The second kappa shape index (κ2) is 4.72. The van der Waals surface area contributed by atoms with E-state index in [1.807, 2.05) is 11.4 Å². The molecule has 0 amide bonds. The highest BCUT2D eigenvalue weighted by Crippen LogP contribution is 2.28. The summed E-state index contributed by atoms with van der Waals surface area (Å²) < 4.78 is 6.17. The number of fused-ring (bicyclic) bond motifs is 1. The molecule has 0 radical (unpaired) electrons. The van der Waals surface area contributed by atoms with Crippen LogP contribution in [0.5, 0.6) is 0 Å². The maximum absolute atomic E-state index is 5.00. The molecule has 2 aromatic heterocycles. The van der Waals surface area contributed by atoms with Crippen LogP contribution in [0, 0.1) is 0 Å². The van der Waals surface area contributed by atoms with Gasteiger partial charge >= 0.3 is 0 Å². The Morgan fingerprint density at radius 3 is 3.29 bits per heavy atom. The van der Waals surface area contributed by atoms with E-state index in [0.29, 0.717) is 0 Å². The lowest BCUT2D eigenvalue weighted by Crippen LogP contribution is -1.92.